The van der Waals surface area contributed by atoms with Gasteiger partial charge in [-0.25, -0.2) is 0 Å². The van der Waals surface area contributed by atoms with Crippen LogP contribution < -0.4 is 4.74 Å². The first-order valence-electron chi connectivity index (χ1n) is 7.71. The lowest BCUT2D eigenvalue weighted by Gasteiger charge is -2.37. The Labute approximate surface area is 126 Å². The van der Waals surface area contributed by atoms with E-state index in [1.54, 1.807) is 0 Å². The van der Waals surface area contributed by atoms with Crippen LogP contribution in [0.2, 0.25) is 0 Å². The number of aliphatic hydroxyl groups is 1. The Bertz CT molecular complexity index is 579. The summed E-state index contributed by atoms with van der Waals surface area (Å²) in [4.78, 5) is 0. The fourth-order valence-electron chi connectivity index (χ4n) is 3.39. The maximum Gasteiger partial charge on any atom is 0.119 e. The summed E-state index contributed by atoms with van der Waals surface area (Å²) in [5.41, 5.74) is 2.57. The van der Waals surface area contributed by atoms with E-state index in [1.807, 2.05) is 30.3 Å². The van der Waals surface area contributed by atoms with E-state index in [2.05, 4.69) is 24.3 Å². The van der Waals surface area contributed by atoms with E-state index in [9.17, 15) is 5.11 Å². The zero-order valence-electron chi connectivity index (χ0n) is 12.3. The number of para-hydroxylation sites is 1. The van der Waals surface area contributed by atoms with Crippen molar-refractivity contribution in [1.29, 1.82) is 0 Å². The molecule has 0 amide bonds. The van der Waals surface area contributed by atoms with Crippen LogP contribution in [0, 0.1) is 0 Å². The highest BCUT2D eigenvalue weighted by Gasteiger charge is 2.35. The van der Waals surface area contributed by atoms with Gasteiger partial charge in [-0.05, 0) is 48.9 Å². The molecule has 0 bridgehead atoms. The number of ether oxygens (including phenoxy) is 1. The molecule has 1 N–H and O–H groups in total. The zero-order valence-corrected chi connectivity index (χ0v) is 12.3. The summed E-state index contributed by atoms with van der Waals surface area (Å²) < 4.78 is 5.84. The van der Waals surface area contributed by atoms with Gasteiger partial charge in [0.15, 0.2) is 0 Å². The van der Waals surface area contributed by atoms with Crippen LogP contribution in [0.4, 0.5) is 0 Å². The summed E-state index contributed by atoms with van der Waals surface area (Å²) in [5.74, 6) is 0.898. The number of fused-ring (bicyclic) bond motifs is 1. The third kappa shape index (κ3) is 2.96. The summed E-state index contributed by atoms with van der Waals surface area (Å²) in [6, 6.07) is 18.4. The molecule has 0 aromatic heterocycles. The van der Waals surface area contributed by atoms with E-state index >= 15 is 0 Å². The third-order valence-corrected chi connectivity index (χ3v) is 4.59. The minimum atomic E-state index is -0.135. The SMILES string of the molecule is OCC1(CCOc2ccccc2)CCCc2ccccc21. The van der Waals surface area contributed by atoms with E-state index in [0.29, 0.717) is 6.61 Å². The molecule has 2 aromatic rings. The molecule has 2 aromatic carbocycles. The highest BCUT2D eigenvalue weighted by molar-refractivity contribution is 5.37. The monoisotopic (exact) mass is 282 g/mol. The fourth-order valence-corrected chi connectivity index (χ4v) is 3.39. The van der Waals surface area contributed by atoms with Gasteiger partial charge in [0.1, 0.15) is 5.75 Å². The Hall–Kier alpha value is -1.80. The van der Waals surface area contributed by atoms with Gasteiger partial charge in [0.2, 0.25) is 0 Å². The number of hydrogen-bond donors (Lipinski definition) is 1. The molecule has 2 heteroatoms. The lowest BCUT2D eigenvalue weighted by Crippen LogP contribution is -2.36. The van der Waals surface area contributed by atoms with Crippen molar-refractivity contribution >= 4 is 0 Å². The second kappa shape index (κ2) is 6.31. The van der Waals surface area contributed by atoms with Gasteiger partial charge in [-0.3, -0.25) is 0 Å². The van der Waals surface area contributed by atoms with Gasteiger partial charge in [-0.1, -0.05) is 42.5 Å². The molecular formula is C19H22O2. The standard InChI is InChI=1S/C19H22O2/c20-15-19(13-14-21-17-9-2-1-3-10-17)12-6-8-16-7-4-5-11-18(16)19/h1-5,7,9-11,20H,6,8,12-15H2. The molecule has 0 saturated carbocycles. The highest BCUT2D eigenvalue weighted by atomic mass is 16.5. The van der Waals surface area contributed by atoms with Gasteiger partial charge >= 0.3 is 0 Å². The van der Waals surface area contributed by atoms with Gasteiger partial charge in [0.05, 0.1) is 13.2 Å². The molecule has 0 radical (unpaired) electrons. The van der Waals surface area contributed by atoms with Crippen molar-refractivity contribution in [2.75, 3.05) is 13.2 Å². The van der Waals surface area contributed by atoms with Crippen LogP contribution in [0.5, 0.6) is 5.75 Å². The molecule has 21 heavy (non-hydrogen) atoms. The summed E-state index contributed by atoms with van der Waals surface area (Å²) in [7, 11) is 0. The molecule has 3 rings (SSSR count). The predicted molar refractivity (Wildman–Crippen MR) is 84.7 cm³/mol. The maximum absolute atomic E-state index is 10.0. The molecule has 1 unspecified atom stereocenters. The molecule has 0 heterocycles. The van der Waals surface area contributed by atoms with Crippen molar-refractivity contribution in [3.8, 4) is 5.75 Å². The van der Waals surface area contributed by atoms with E-state index in [-0.39, 0.29) is 12.0 Å². The van der Waals surface area contributed by atoms with Crippen molar-refractivity contribution < 1.29 is 9.84 Å². The van der Waals surface area contributed by atoms with Crippen LogP contribution in [0.25, 0.3) is 0 Å². The second-order valence-corrected chi connectivity index (χ2v) is 5.86. The fraction of sp³-hybridized carbons (Fsp3) is 0.368. The first-order chi connectivity index (χ1) is 10.3. The number of hydrogen-bond acceptors (Lipinski definition) is 2. The van der Waals surface area contributed by atoms with Gasteiger partial charge in [0, 0.05) is 5.41 Å². The molecule has 2 nitrogen and oxygen atoms in total. The number of rotatable bonds is 5. The van der Waals surface area contributed by atoms with E-state index < -0.39 is 0 Å². The molecular weight excluding hydrogens is 260 g/mol. The molecule has 1 aliphatic rings. The Kier molecular flexibility index (Phi) is 4.26. The Balaban J connectivity index is 1.73. The lowest BCUT2D eigenvalue weighted by atomic mass is 9.68. The predicted octanol–water partition coefficient (Wildman–Crippen LogP) is 3.72. The Morgan fingerprint density at radius 2 is 1.76 bits per heavy atom. The minimum Gasteiger partial charge on any atom is -0.494 e. The molecule has 1 aliphatic carbocycles. The van der Waals surface area contributed by atoms with Crippen molar-refractivity contribution in [3.05, 3.63) is 65.7 Å². The van der Waals surface area contributed by atoms with E-state index in [0.717, 1.165) is 31.4 Å². The molecule has 0 aliphatic heterocycles. The molecule has 0 spiro atoms. The van der Waals surface area contributed by atoms with Crippen molar-refractivity contribution in [3.63, 3.8) is 0 Å². The van der Waals surface area contributed by atoms with Crippen LogP contribution in [0.1, 0.15) is 30.4 Å². The summed E-state index contributed by atoms with van der Waals surface area (Å²) >= 11 is 0. The summed E-state index contributed by atoms with van der Waals surface area (Å²) in [6.07, 6.45) is 4.16. The summed E-state index contributed by atoms with van der Waals surface area (Å²) in [6.45, 7) is 0.834. The molecule has 1 atom stereocenters. The highest BCUT2D eigenvalue weighted by Crippen LogP contribution is 2.39. The summed E-state index contributed by atoms with van der Waals surface area (Å²) in [5, 5.41) is 10.0. The molecule has 0 saturated heterocycles. The van der Waals surface area contributed by atoms with Crippen molar-refractivity contribution in [1.82, 2.24) is 0 Å². The van der Waals surface area contributed by atoms with Crippen LogP contribution in [0.3, 0.4) is 0 Å². The Morgan fingerprint density at radius 3 is 2.57 bits per heavy atom. The topological polar surface area (TPSA) is 29.5 Å². The van der Waals surface area contributed by atoms with E-state index in [1.165, 1.54) is 11.1 Å². The maximum atomic E-state index is 10.0. The average molecular weight is 282 g/mol. The minimum absolute atomic E-state index is 0.135. The first kappa shape index (κ1) is 14.2. The lowest BCUT2D eigenvalue weighted by molar-refractivity contribution is 0.142. The average Bonchev–Trinajstić information content (AvgIpc) is 2.56. The Morgan fingerprint density at radius 1 is 1.00 bits per heavy atom. The number of aryl methyl sites for hydroxylation is 1. The number of benzene rings is 2. The second-order valence-electron chi connectivity index (χ2n) is 5.86. The van der Waals surface area contributed by atoms with Gasteiger partial charge in [-0.15, -0.1) is 0 Å². The molecule has 0 fully saturated rings. The number of aliphatic hydroxyl groups excluding tert-OH is 1. The van der Waals surface area contributed by atoms with Crippen molar-refractivity contribution in [2.24, 2.45) is 0 Å². The quantitative estimate of drug-likeness (QED) is 0.905. The normalized spacial score (nSPS) is 20.8. The van der Waals surface area contributed by atoms with E-state index in [4.69, 9.17) is 4.74 Å². The van der Waals surface area contributed by atoms with Crippen molar-refractivity contribution in [2.45, 2.75) is 31.1 Å². The van der Waals surface area contributed by atoms with Gasteiger partial charge in [0.25, 0.3) is 0 Å². The third-order valence-electron chi connectivity index (χ3n) is 4.59. The van der Waals surface area contributed by atoms with Gasteiger partial charge < -0.3 is 9.84 Å². The van der Waals surface area contributed by atoms with Crippen LogP contribution in [-0.4, -0.2) is 18.3 Å². The smallest absolute Gasteiger partial charge is 0.119 e. The first-order valence-corrected chi connectivity index (χ1v) is 7.71. The van der Waals surface area contributed by atoms with Crippen LogP contribution >= 0.6 is 0 Å². The molecule has 110 valence electrons. The van der Waals surface area contributed by atoms with Crippen LogP contribution in [0.15, 0.2) is 54.6 Å². The van der Waals surface area contributed by atoms with Gasteiger partial charge in [-0.2, -0.15) is 0 Å². The largest absolute Gasteiger partial charge is 0.494 e. The zero-order chi connectivity index (χ0) is 14.5. The van der Waals surface area contributed by atoms with Crippen LogP contribution in [-0.2, 0) is 11.8 Å².